The van der Waals surface area contributed by atoms with Gasteiger partial charge in [-0.15, -0.1) is 0 Å². The summed E-state index contributed by atoms with van der Waals surface area (Å²) in [5, 5.41) is 12.9. The Labute approximate surface area is 127 Å². The molecule has 1 rings (SSSR count). The van der Waals surface area contributed by atoms with E-state index in [4.69, 9.17) is 16.9 Å². The number of benzene rings is 1. The van der Waals surface area contributed by atoms with E-state index >= 15 is 0 Å². The lowest BCUT2D eigenvalue weighted by atomic mass is 10.1. The number of anilines is 1. The maximum absolute atomic E-state index is 8.71. The molecule has 0 fully saturated rings. The second-order valence-corrected chi connectivity index (χ2v) is 5.28. The lowest BCUT2D eigenvalue weighted by Gasteiger charge is -2.24. The monoisotopic (exact) mass is 293 g/mol. The molecule has 1 atom stereocenters. The highest BCUT2D eigenvalue weighted by Gasteiger charge is 2.11. The molecule has 0 radical (unpaired) electrons. The molecule has 1 N–H and O–H groups in total. The van der Waals surface area contributed by atoms with E-state index in [1.807, 2.05) is 6.07 Å². The van der Waals surface area contributed by atoms with Gasteiger partial charge in [-0.1, -0.05) is 24.6 Å². The lowest BCUT2D eigenvalue weighted by molar-refractivity contribution is 0.570. The molecular formula is C16H24ClN3. The molecule has 0 saturated heterocycles. The summed E-state index contributed by atoms with van der Waals surface area (Å²) in [5.41, 5.74) is 2.21. The van der Waals surface area contributed by atoms with Crippen LogP contribution in [-0.4, -0.2) is 19.6 Å². The molecular weight excluding hydrogens is 270 g/mol. The molecule has 0 aliphatic heterocycles. The van der Waals surface area contributed by atoms with Crippen molar-refractivity contribution < 1.29 is 0 Å². The highest BCUT2D eigenvalue weighted by Crippen LogP contribution is 2.29. The third-order valence-electron chi connectivity index (χ3n) is 3.39. The van der Waals surface area contributed by atoms with Crippen LogP contribution >= 0.6 is 11.6 Å². The van der Waals surface area contributed by atoms with Crippen molar-refractivity contribution in [3.05, 3.63) is 28.8 Å². The first-order valence-electron chi connectivity index (χ1n) is 7.28. The number of hydrogen-bond donors (Lipinski definition) is 1. The molecule has 1 unspecified atom stereocenters. The Bertz CT molecular complexity index is 454. The Hall–Kier alpha value is -1.24. The van der Waals surface area contributed by atoms with Crippen LogP contribution in [-0.2, 0) is 0 Å². The van der Waals surface area contributed by atoms with Crippen LogP contribution in [0.3, 0.4) is 0 Å². The maximum atomic E-state index is 8.71. The summed E-state index contributed by atoms with van der Waals surface area (Å²) >= 11 is 6.41. The lowest BCUT2D eigenvalue weighted by Crippen LogP contribution is -2.24. The molecule has 110 valence electrons. The molecule has 0 aliphatic rings. The van der Waals surface area contributed by atoms with Crippen LogP contribution in [0.5, 0.6) is 0 Å². The van der Waals surface area contributed by atoms with E-state index < -0.39 is 0 Å². The summed E-state index contributed by atoms with van der Waals surface area (Å²) < 4.78 is 0. The van der Waals surface area contributed by atoms with Crippen molar-refractivity contribution in [1.82, 2.24) is 5.32 Å². The van der Waals surface area contributed by atoms with Crippen molar-refractivity contribution in [3.63, 3.8) is 0 Å². The molecule has 0 spiro atoms. The fourth-order valence-corrected chi connectivity index (χ4v) is 2.47. The Kier molecular flexibility index (Phi) is 7.43. The Morgan fingerprint density at radius 3 is 2.70 bits per heavy atom. The van der Waals surface area contributed by atoms with Crippen molar-refractivity contribution in [2.45, 2.75) is 39.7 Å². The first kappa shape index (κ1) is 16.8. The van der Waals surface area contributed by atoms with Gasteiger partial charge in [-0.05, 0) is 44.5 Å². The Morgan fingerprint density at radius 2 is 2.15 bits per heavy atom. The second-order valence-electron chi connectivity index (χ2n) is 4.87. The normalized spacial score (nSPS) is 11.9. The number of nitrogens with one attached hydrogen (secondary N) is 1. The third-order valence-corrected chi connectivity index (χ3v) is 3.69. The standard InChI is InChI=1S/C16H24ClN3/c1-4-10-19-13(3)14-7-8-16(15(17)12-14)20(5-2)11-6-9-18/h7-8,12-13,19H,4-6,10-11H2,1-3H3. The summed E-state index contributed by atoms with van der Waals surface area (Å²) in [5.74, 6) is 0. The Morgan fingerprint density at radius 1 is 1.40 bits per heavy atom. The van der Waals surface area contributed by atoms with E-state index in [-0.39, 0.29) is 0 Å². The minimum atomic E-state index is 0.302. The van der Waals surface area contributed by atoms with Crippen LogP contribution in [0.2, 0.25) is 5.02 Å². The van der Waals surface area contributed by atoms with Crippen LogP contribution in [0.25, 0.3) is 0 Å². The van der Waals surface area contributed by atoms with Crippen LogP contribution in [0.4, 0.5) is 5.69 Å². The van der Waals surface area contributed by atoms with Gasteiger partial charge in [0.25, 0.3) is 0 Å². The van der Waals surface area contributed by atoms with Gasteiger partial charge >= 0.3 is 0 Å². The number of hydrogen-bond acceptors (Lipinski definition) is 3. The van der Waals surface area contributed by atoms with Crippen molar-refractivity contribution in [1.29, 1.82) is 5.26 Å². The molecule has 0 amide bonds. The van der Waals surface area contributed by atoms with E-state index in [1.165, 1.54) is 5.56 Å². The van der Waals surface area contributed by atoms with Crippen LogP contribution in [0.1, 0.15) is 45.2 Å². The van der Waals surface area contributed by atoms with Crippen LogP contribution < -0.4 is 10.2 Å². The van der Waals surface area contributed by atoms with Crippen molar-refractivity contribution in [2.24, 2.45) is 0 Å². The highest BCUT2D eigenvalue weighted by atomic mass is 35.5. The van der Waals surface area contributed by atoms with E-state index in [2.05, 4.69) is 49.2 Å². The predicted molar refractivity (Wildman–Crippen MR) is 86.3 cm³/mol. The molecule has 0 aromatic heterocycles. The number of halogens is 1. The zero-order valence-corrected chi connectivity index (χ0v) is 13.4. The summed E-state index contributed by atoms with van der Waals surface area (Å²) in [4.78, 5) is 2.14. The zero-order chi connectivity index (χ0) is 15.0. The topological polar surface area (TPSA) is 39.1 Å². The fourth-order valence-electron chi connectivity index (χ4n) is 2.16. The average Bonchev–Trinajstić information content (AvgIpc) is 2.46. The van der Waals surface area contributed by atoms with Gasteiger partial charge in [0.2, 0.25) is 0 Å². The van der Waals surface area contributed by atoms with Gasteiger partial charge < -0.3 is 10.2 Å². The second kappa shape index (κ2) is 8.84. The molecule has 0 aliphatic carbocycles. The predicted octanol–water partition coefficient (Wildman–Crippen LogP) is 4.14. The molecule has 4 heteroatoms. The van der Waals surface area contributed by atoms with Gasteiger partial charge in [0.05, 0.1) is 23.2 Å². The molecule has 0 heterocycles. The van der Waals surface area contributed by atoms with Crippen LogP contribution in [0.15, 0.2) is 18.2 Å². The largest absolute Gasteiger partial charge is 0.370 e. The van der Waals surface area contributed by atoms with Gasteiger partial charge in [0.1, 0.15) is 0 Å². The Balaban J connectivity index is 2.83. The van der Waals surface area contributed by atoms with Gasteiger partial charge in [-0.2, -0.15) is 5.26 Å². The molecule has 3 nitrogen and oxygen atoms in total. The molecule has 0 bridgehead atoms. The van der Waals surface area contributed by atoms with E-state index in [1.54, 1.807) is 0 Å². The van der Waals surface area contributed by atoms with E-state index in [0.29, 0.717) is 12.5 Å². The first-order chi connectivity index (χ1) is 9.63. The molecule has 1 aromatic rings. The minimum Gasteiger partial charge on any atom is -0.370 e. The summed E-state index contributed by atoms with van der Waals surface area (Å²) in [6.07, 6.45) is 1.63. The first-order valence-corrected chi connectivity index (χ1v) is 7.66. The zero-order valence-electron chi connectivity index (χ0n) is 12.6. The van der Waals surface area contributed by atoms with Crippen molar-refractivity contribution in [2.75, 3.05) is 24.5 Å². The quantitative estimate of drug-likeness (QED) is 0.783. The number of rotatable bonds is 8. The van der Waals surface area contributed by atoms with Crippen molar-refractivity contribution >= 4 is 17.3 Å². The van der Waals surface area contributed by atoms with Crippen LogP contribution in [0, 0.1) is 11.3 Å². The van der Waals surface area contributed by atoms with Gasteiger partial charge in [-0.25, -0.2) is 0 Å². The van der Waals surface area contributed by atoms with Crippen molar-refractivity contribution in [3.8, 4) is 6.07 Å². The average molecular weight is 294 g/mol. The maximum Gasteiger partial charge on any atom is 0.0642 e. The van der Waals surface area contributed by atoms with Gasteiger partial charge in [0.15, 0.2) is 0 Å². The molecule has 0 saturated carbocycles. The fraction of sp³-hybridized carbons (Fsp3) is 0.562. The van der Waals surface area contributed by atoms with E-state index in [0.717, 1.165) is 36.8 Å². The molecule has 20 heavy (non-hydrogen) atoms. The SMILES string of the molecule is CCCNC(C)c1ccc(N(CC)CCC#N)c(Cl)c1. The minimum absolute atomic E-state index is 0.302. The third kappa shape index (κ3) is 4.70. The summed E-state index contributed by atoms with van der Waals surface area (Å²) in [6.45, 7) is 8.95. The number of nitrogens with zero attached hydrogens (tertiary/aromatic N) is 2. The van der Waals surface area contributed by atoms with E-state index in [9.17, 15) is 0 Å². The molecule has 1 aromatic carbocycles. The van der Waals surface area contributed by atoms with Gasteiger partial charge in [-0.3, -0.25) is 0 Å². The van der Waals surface area contributed by atoms with Gasteiger partial charge in [0, 0.05) is 19.1 Å². The smallest absolute Gasteiger partial charge is 0.0642 e. The number of nitriles is 1. The highest BCUT2D eigenvalue weighted by molar-refractivity contribution is 6.33. The summed E-state index contributed by atoms with van der Waals surface area (Å²) in [7, 11) is 0. The summed E-state index contributed by atoms with van der Waals surface area (Å²) in [6, 6.07) is 8.68.